The van der Waals surface area contributed by atoms with Crippen LogP contribution >= 0.6 is 40.5 Å². The van der Waals surface area contributed by atoms with E-state index >= 15 is 0 Å². The molecule has 1 radical (unpaired) electrons. The van der Waals surface area contributed by atoms with Crippen molar-refractivity contribution in [2.75, 3.05) is 0 Å². The Morgan fingerprint density at radius 1 is 1.30 bits per heavy atom. The van der Waals surface area contributed by atoms with Crippen LogP contribution in [0.15, 0.2) is 24.3 Å². The lowest BCUT2D eigenvalue weighted by Gasteiger charge is -1.82. The molecule has 3 heteroatoms. The molecule has 0 bridgehead atoms. The zero-order valence-electron chi connectivity index (χ0n) is 5.77. The summed E-state index contributed by atoms with van der Waals surface area (Å²) in [6, 6.07) is 10.8. The Bertz CT molecular complexity index is 153. The smallest absolute Gasteiger partial charge is 0.197 e. The molecule has 10 heavy (non-hydrogen) atoms. The van der Waals surface area contributed by atoms with Gasteiger partial charge in [0.15, 0.2) is 0 Å². The van der Waals surface area contributed by atoms with Gasteiger partial charge < -0.3 is 0 Å². The van der Waals surface area contributed by atoms with E-state index in [0.717, 1.165) is 0 Å². The van der Waals surface area contributed by atoms with Gasteiger partial charge in [0, 0.05) is 0 Å². The predicted molar refractivity (Wildman–Crippen MR) is 65.2 cm³/mol. The average molecular weight is 373 g/mol. The molecule has 0 spiro atoms. The molecule has 0 aliphatic carbocycles. The molecule has 0 saturated heterocycles. The van der Waals surface area contributed by atoms with Crippen molar-refractivity contribution in [2.45, 2.75) is 6.92 Å². The molecule has 0 N–H and O–H groups in total. The molecule has 53 valence electrons. The third-order valence-electron chi connectivity index (χ3n) is 0.885. The number of hydrogen-bond acceptors (Lipinski definition) is 0. The molecule has 0 unspecified atom stereocenters. The van der Waals surface area contributed by atoms with E-state index in [1.54, 1.807) is 0 Å². The number of hydrogen-bond donors (Lipinski definition) is 0. The summed E-state index contributed by atoms with van der Waals surface area (Å²) in [6.07, 6.45) is 0. The van der Waals surface area contributed by atoms with Crippen LogP contribution in [0.4, 0.5) is 0 Å². The number of benzene rings is 1. The molecule has 0 aliphatic heterocycles. The first-order chi connectivity index (χ1) is 4.81. The fraction of sp³-hybridized carbons (Fsp3) is 0.143. The minimum atomic E-state index is 0.357. The lowest BCUT2D eigenvalue weighted by molar-refractivity contribution is 1.47. The van der Waals surface area contributed by atoms with Gasteiger partial charge >= 0.3 is 8.65 Å². The summed E-state index contributed by atoms with van der Waals surface area (Å²) in [5.74, 6) is 0. The van der Waals surface area contributed by atoms with Gasteiger partial charge in [0.25, 0.3) is 0 Å². The maximum atomic E-state index is 2.93. The highest BCUT2D eigenvalue weighted by molar-refractivity contribution is 14.3. The van der Waals surface area contributed by atoms with Crippen molar-refractivity contribution in [1.29, 1.82) is 0 Å². The molecule has 0 aromatic heterocycles. The highest BCUT2D eigenvalue weighted by Gasteiger charge is 1.72. The zero-order chi connectivity index (χ0) is 7.82. The van der Waals surface area contributed by atoms with Gasteiger partial charge in [-0.3, -0.25) is 0 Å². The maximum Gasteiger partial charge on any atom is 0.425 e. The molecule has 0 atom stereocenters. The van der Waals surface area contributed by atoms with Crippen LogP contribution in [0.25, 0.3) is 0 Å². The van der Waals surface area contributed by atoms with Crippen LogP contribution < -0.4 is 0 Å². The second-order valence-corrected chi connectivity index (χ2v) is 15.2. The van der Waals surface area contributed by atoms with Crippen LogP contribution in [0.1, 0.15) is 5.56 Å². The molecule has 0 amide bonds. The van der Waals surface area contributed by atoms with Gasteiger partial charge in [-0.15, -0.1) is 0 Å². The Kier molecular flexibility index (Phi) is 9.32. The third-order valence-corrected chi connectivity index (χ3v) is 0.885. The summed E-state index contributed by atoms with van der Waals surface area (Å²) >= 11 is 4.83. The Labute approximate surface area is 90.8 Å². The van der Waals surface area contributed by atoms with Crippen molar-refractivity contribution >= 4 is 49.2 Å². The first-order valence-corrected chi connectivity index (χ1v) is 13.1. The largest absolute Gasteiger partial charge is 0.425 e. The van der Waals surface area contributed by atoms with Crippen LogP contribution in [0.5, 0.6) is 0 Å². The minimum absolute atomic E-state index is 0.357. The summed E-state index contributed by atoms with van der Waals surface area (Å²) in [6.45, 7) is 2.06. The Hall–Kier alpha value is 1.21. The summed E-state index contributed by atoms with van der Waals surface area (Å²) in [7, 11) is 0.357. The van der Waals surface area contributed by atoms with Gasteiger partial charge in [0.05, 0.1) is 0 Å². The highest BCUT2D eigenvalue weighted by atomic mass is 127. The fourth-order valence-electron chi connectivity index (χ4n) is 0.470. The molecule has 1 rings (SSSR count). The lowest BCUT2D eigenvalue weighted by Crippen LogP contribution is -1.63. The second kappa shape index (κ2) is 8.31. The minimum Gasteiger partial charge on any atom is -0.197 e. The monoisotopic (exact) mass is 373 g/mol. The van der Waals surface area contributed by atoms with Gasteiger partial charge in [-0.25, -0.2) is 0 Å². The fourth-order valence-corrected chi connectivity index (χ4v) is 0.470. The summed E-state index contributed by atoms with van der Waals surface area (Å²) < 4.78 is 0. The molecule has 0 fully saturated rings. The van der Waals surface area contributed by atoms with E-state index in [4.69, 9.17) is 0 Å². The summed E-state index contributed by atoms with van der Waals surface area (Å²) in [4.78, 5) is 0. The van der Waals surface area contributed by atoms with E-state index in [0.29, 0.717) is 8.65 Å². The first kappa shape index (κ1) is 11.2. The van der Waals surface area contributed by atoms with Crippen LogP contribution in [0, 0.1) is 13.0 Å². The SMILES string of the molecule is Cc1cc[c]cc1.[I][AlH][I]. The molecular weight excluding hydrogens is 365 g/mol. The average Bonchev–Trinajstić information content (AvgIpc) is 1.91. The van der Waals surface area contributed by atoms with E-state index in [2.05, 4.69) is 53.5 Å². The van der Waals surface area contributed by atoms with Gasteiger partial charge in [-0.1, -0.05) is 29.8 Å². The predicted octanol–water partition coefficient (Wildman–Crippen LogP) is 2.92. The van der Waals surface area contributed by atoms with Crippen molar-refractivity contribution in [2.24, 2.45) is 0 Å². The number of rotatable bonds is 0. The van der Waals surface area contributed by atoms with Gasteiger partial charge in [-0.2, -0.15) is 40.5 Å². The standard InChI is InChI=1S/C7H7.Al.2HI.H/c1-7-5-3-2-4-6-7;;;;/h3-6H,1H3;;2*1H;/q;+2;;;/p-2. The van der Waals surface area contributed by atoms with Crippen LogP contribution in [0.2, 0.25) is 0 Å². The van der Waals surface area contributed by atoms with Gasteiger partial charge in [-0.05, 0) is 13.0 Å². The first-order valence-electron chi connectivity index (χ1n) is 2.86. The Morgan fingerprint density at radius 2 is 1.70 bits per heavy atom. The van der Waals surface area contributed by atoms with Gasteiger partial charge in [0.1, 0.15) is 0 Å². The van der Waals surface area contributed by atoms with Crippen LogP contribution in [0.3, 0.4) is 0 Å². The maximum absolute atomic E-state index is 2.93. The number of aryl methyl sites for hydroxylation is 1. The van der Waals surface area contributed by atoms with Crippen molar-refractivity contribution < 1.29 is 0 Å². The molecule has 0 heterocycles. The van der Waals surface area contributed by atoms with Crippen molar-refractivity contribution in [3.63, 3.8) is 0 Å². The summed E-state index contributed by atoms with van der Waals surface area (Å²) in [5.41, 5.74) is 1.29. The molecule has 1 aromatic carbocycles. The van der Waals surface area contributed by atoms with Crippen molar-refractivity contribution in [3.8, 4) is 0 Å². The van der Waals surface area contributed by atoms with E-state index in [1.165, 1.54) is 5.56 Å². The van der Waals surface area contributed by atoms with E-state index in [-0.39, 0.29) is 0 Å². The normalized spacial score (nSPS) is 7.50. The van der Waals surface area contributed by atoms with Crippen LogP contribution in [-0.4, -0.2) is 8.65 Å². The molecule has 0 aliphatic rings. The van der Waals surface area contributed by atoms with E-state index in [9.17, 15) is 0 Å². The molecule has 1 aromatic rings. The van der Waals surface area contributed by atoms with Crippen molar-refractivity contribution in [3.05, 3.63) is 35.9 Å². The Morgan fingerprint density at radius 3 is 1.90 bits per heavy atom. The van der Waals surface area contributed by atoms with E-state index < -0.39 is 0 Å². The topological polar surface area (TPSA) is 0 Å². The van der Waals surface area contributed by atoms with Crippen molar-refractivity contribution in [1.82, 2.24) is 0 Å². The lowest BCUT2D eigenvalue weighted by atomic mass is 10.2. The highest BCUT2D eigenvalue weighted by Crippen LogP contribution is 1.91. The summed E-state index contributed by atoms with van der Waals surface area (Å²) in [5, 5.41) is 0. The quantitative estimate of drug-likeness (QED) is 0.485. The molecular formula is C7H8AlI2. The second-order valence-electron chi connectivity index (χ2n) is 1.68. The van der Waals surface area contributed by atoms with Gasteiger partial charge in [0.2, 0.25) is 0 Å². The van der Waals surface area contributed by atoms with Crippen LogP contribution in [-0.2, 0) is 0 Å². The van der Waals surface area contributed by atoms with E-state index in [1.807, 2.05) is 24.3 Å². The zero-order valence-corrected chi connectivity index (χ0v) is 11.5. The molecule has 0 nitrogen and oxygen atoms in total. The third kappa shape index (κ3) is 7.32. The number of halogens is 2. The molecule has 0 saturated carbocycles. The Balaban J connectivity index is 0.000000236.